The molecule has 0 aliphatic rings. The molecule has 0 unspecified atom stereocenters. The van der Waals surface area contributed by atoms with Crippen molar-refractivity contribution in [1.29, 1.82) is 0 Å². The molecule has 0 radical (unpaired) electrons. The van der Waals surface area contributed by atoms with Crippen molar-refractivity contribution in [2.75, 3.05) is 20.2 Å². The Labute approximate surface area is 210 Å². The summed E-state index contributed by atoms with van der Waals surface area (Å²) in [6, 6.07) is 21.8. The molecule has 0 bridgehead atoms. The van der Waals surface area contributed by atoms with Gasteiger partial charge in [0.1, 0.15) is 5.75 Å². The maximum atomic E-state index is 10.9. The van der Waals surface area contributed by atoms with E-state index in [9.17, 15) is 4.79 Å². The maximum Gasteiger partial charge on any atom is 0.317 e. The first-order valence-electron chi connectivity index (χ1n) is 11.1. The van der Waals surface area contributed by atoms with Crippen LogP contribution >= 0.6 is 12.4 Å². The summed E-state index contributed by atoms with van der Waals surface area (Å²) < 4.78 is 11.5. The molecule has 0 saturated carbocycles. The largest absolute Gasteiger partial charge is 0.493 e. The van der Waals surface area contributed by atoms with E-state index in [1.807, 2.05) is 61.5 Å². The van der Waals surface area contributed by atoms with Crippen molar-refractivity contribution in [1.82, 2.24) is 15.0 Å². The topological polar surface area (TPSA) is 88.7 Å². The number of carboxylic acids is 1. The molecule has 1 heterocycles. The molecule has 7 nitrogen and oxygen atoms in total. The molecule has 1 aromatic heterocycles. The van der Waals surface area contributed by atoms with Crippen LogP contribution in [-0.4, -0.2) is 46.3 Å². The molecule has 0 aliphatic heterocycles. The van der Waals surface area contributed by atoms with Gasteiger partial charge < -0.3 is 14.4 Å². The molecule has 0 spiro atoms. The Hall–Kier alpha value is -3.68. The lowest BCUT2D eigenvalue weighted by Crippen LogP contribution is -2.25. The smallest absolute Gasteiger partial charge is 0.317 e. The molecular weight excluding hydrogens is 466 g/mol. The van der Waals surface area contributed by atoms with E-state index in [2.05, 4.69) is 29.2 Å². The summed E-state index contributed by atoms with van der Waals surface area (Å²) in [5, 5.41) is 13.1. The van der Waals surface area contributed by atoms with E-state index >= 15 is 0 Å². The predicted molar refractivity (Wildman–Crippen MR) is 138 cm³/mol. The van der Waals surface area contributed by atoms with Crippen molar-refractivity contribution < 1.29 is 19.2 Å². The number of ether oxygens (including phenoxy) is 1. The first-order valence-corrected chi connectivity index (χ1v) is 11.1. The molecule has 0 aliphatic carbocycles. The van der Waals surface area contributed by atoms with Crippen LogP contribution in [0.4, 0.5) is 0 Å². The number of nitrogens with zero attached hydrogens (tertiary/aromatic N) is 3. The predicted octanol–water partition coefficient (Wildman–Crippen LogP) is 5.72. The quantitative estimate of drug-likeness (QED) is 0.319. The van der Waals surface area contributed by atoms with Gasteiger partial charge >= 0.3 is 5.97 Å². The van der Waals surface area contributed by atoms with Gasteiger partial charge in [0.2, 0.25) is 5.82 Å². The van der Waals surface area contributed by atoms with Crippen LogP contribution < -0.4 is 4.74 Å². The second-order valence-corrected chi connectivity index (χ2v) is 8.15. The fourth-order valence-electron chi connectivity index (χ4n) is 3.89. The minimum absolute atomic E-state index is 0. The van der Waals surface area contributed by atoms with Crippen molar-refractivity contribution in [3.05, 3.63) is 77.9 Å². The van der Waals surface area contributed by atoms with Gasteiger partial charge in [0.15, 0.2) is 0 Å². The van der Waals surface area contributed by atoms with Crippen molar-refractivity contribution in [2.24, 2.45) is 0 Å². The van der Waals surface area contributed by atoms with Crippen molar-refractivity contribution >= 4 is 18.4 Å². The van der Waals surface area contributed by atoms with Gasteiger partial charge in [-0.1, -0.05) is 47.6 Å². The van der Waals surface area contributed by atoms with Crippen LogP contribution in [0.2, 0.25) is 0 Å². The fraction of sp³-hybridized carbons (Fsp3) is 0.222. The zero-order valence-electron chi connectivity index (χ0n) is 19.9. The molecule has 0 saturated heterocycles. The number of halogens is 1. The molecule has 1 N–H and O–H groups in total. The van der Waals surface area contributed by atoms with Crippen molar-refractivity contribution in [3.63, 3.8) is 0 Å². The van der Waals surface area contributed by atoms with Gasteiger partial charge in [0, 0.05) is 23.2 Å². The third kappa shape index (κ3) is 6.26. The minimum atomic E-state index is -0.860. The lowest BCUT2D eigenvalue weighted by atomic mass is 9.98. The molecule has 0 fully saturated rings. The molecule has 3 aromatic carbocycles. The number of benzene rings is 3. The monoisotopic (exact) mass is 493 g/mol. The Bertz CT molecular complexity index is 1310. The van der Waals surface area contributed by atoms with Crippen LogP contribution in [-0.2, 0) is 11.3 Å². The Morgan fingerprint density at radius 3 is 2.57 bits per heavy atom. The average Bonchev–Trinajstić information content (AvgIpc) is 3.30. The molecular formula is C27H28ClN3O4. The van der Waals surface area contributed by atoms with E-state index in [1.54, 1.807) is 11.9 Å². The number of carboxylic acid groups (broad SMARTS) is 1. The number of rotatable bonds is 9. The van der Waals surface area contributed by atoms with E-state index in [0.717, 1.165) is 33.6 Å². The van der Waals surface area contributed by atoms with Crippen LogP contribution in [0.3, 0.4) is 0 Å². The van der Waals surface area contributed by atoms with Gasteiger partial charge in [-0.05, 0) is 61.9 Å². The van der Waals surface area contributed by atoms with E-state index in [1.165, 1.54) is 5.56 Å². The van der Waals surface area contributed by atoms with E-state index < -0.39 is 5.97 Å². The van der Waals surface area contributed by atoms with Crippen molar-refractivity contribution in [3.8, 4) is 39.7 Å². The SMILES string of the molecule is CCOc1cc(-c2nc(-c3cccc(CN(C)CC(=O)O)c3)no2)ccc1-c1ccccc1C.Cl. The van der Waals surface area contributed by atoms with Gasteiger partial charge in [0.25, 0.3) is 5.89 Å². The Morgan fingerprint density at radius 1 is 1.03 bits per heavy atom. The zero-order valence-corrected chi connectivity index (χ0v) is 20.7. The number of hydrogen-bond donors (Lipinski definition) is 1. The van der Waals surface area contributed by atoms with E-state index in [0.29, 0.717) is 24.9 Å². The molecule has 8 heteroatoms. The zero-order chi connectivity index (χ0) is 24.1. The Balaban J connectivity index is 0.00000342. The first kappa shape index (κ1) is 25.9. The highest BCUT2D eigenvalue weighted by atomic mass is 35.5. The molecule has 0 amide bonds. The number of carbonyl (C=O) groups is 1. The van der Waals surface area contributed by atoms with E-state index in [4.69, 9.17) is 14.4 Å². The summed E-state index contributed by atoms with van der Waals surface area (Å²) in [6.07, 6.45) is 0. The first-order chi connectivity index (χ1) is 16.4. The molecule has 4 aromatic rings. The summed E-state index contributed by atoms with van der Waals surface area (Å²) in [6.45, 7) is 5.05. The number of aromatic nitrogens is 2. The molecule has 182 valence electrons. The van der Waals surface area contributed by atoms with Gasteiger partial charge in [-0.15, -0.1) is 12.4 Å². The third-order valence-corrected chi connectivity index (χ3v) is 5.43. The van der Waals surface area contributed by atoms with Crippen molar-refractivity contribution in [2.45, 2.75) is 20.4 Å². The summed E-state index contributed by atoms with van der Waals surface area (Å²) >= 11 is 0. The molecule has 35 heavy (non-hydrogen) atoms. The normalized spacial score (nSPS) is 10.7. The van der Waals surface area contributed by atoms with Crippen LogP contribution in [0.25, 0.3) is 34.0 Å². The van der Waals surface area contributed by atoms with E-state index in [-0.39, 0.29) is 19.0 Å². The lowest BCUT2D eigenvalue weighted by Gasteiger charge is -2.14. The highest BCUT2D eigenvalue weighted by Gasteiger charge is 2.16. The standard InChI is InChI=1S/C27H27N3O4.ClH/c1-4-33-24-15-21(12-13-23(24)22-11-6-5-8-18(22)2)27-28-26(29-34-27)20-10-7-9-19(14-20)16-30(3)17-25(31)32;/h5-15H,4,16-17H2,1-3H3,(H,31,32);1H. The molecule has 4 rings (SSSR count). The Morgan fingerprint density at radius 2 is 1.83 bits per heavy atom. The third-order valence-electron chi connectivity index (χ3n) is 5.43. The number of aliphatic carboxylic acids is 1. The average molecular weight is 494 g/mol. The highest BCUT2D eigenvalue weighted by molar-refractivity contribution is 5.85. The number of likely N-dealkylation sites (N-methyl/N-ethyl adjacent to an activating group) is 1. The second-order valence-electron chi connectivity index (χ2n) is 8.15. The minimum Gasteiger partial charge on any atom is -0.493 e. The maximum absolute atomic E-state index is 10.9. The molecule has 0 atom stereocenters. The summed E-state index contributed by atoms with van der Waals surface area (Å²) in [5.41, 5.74) is 5.85. The van der Waals surface area contributed by atoms with Gasteiger partial charge in [-0.2, -0.15) is 4.98 Å². The van der Waals surface area contributed by atoms with Gasteiger partial charge in [-0.25, -0.2) is 0 Å². The highest BCUT2D eigenvalue weighted by Crippen LogP contribution is 2.36. The van der Waals surface area contributed by atoms with Crippen LogP contribution in [0.15, 0.2) is 71.3 Å². The van der Waals surface area contributed by atoms with Crippen LogP contribution in [0.1, 0.15) is 18.1 Å². The number of aryl methyl sites for hydroxylation is 1. The van der Waals surface area contributed by atoms with Crippen LogP contribution in [0.5, 0.6) is 5.75 Å². The Kier molecular flexibility index (Phi) is 8.63. The van der Waals surface area contributed by atoms with Gasteiger partial charge in [0.05, 0.1) is 13.2 Å². The summed E-state index contributed by atoms with van der Waals surface area (Å²) in [7, 11) is 1.77. The second kappa shape index (κ2) is 11.6. The lowest BCUT2D eigenvalue weighted by molar-refractivity contribution is -0.138. The fourth-order valence-corrected chi connectivity index (χ4v) is 3.89. The van der Waals surface area contributed by atoms with Crippen LogP contribution in [0, 0.1) is 6.92 Å². The summed E-state index contributed by atoms with van der Waals surface area (Å²) in [4.78, 5) is 17.3. The number of hydrogen-bond acceptors (Lipinski definition) is 6. The van der Waals surface area contributed by atoms with Gasteiger partial charge in [-0.3, -0.25) is 9.69 Å². The summed E-state index contributed by atoms with van der Waals surface area (Å²) in [5.74, 6) is 0.776.